The Morgan fingerprint density at radius 2 is 2.22 bits per heavy atom. The lowest BCUT2D eigenvalue weighted by Gasteiger charge is -2.39. The number of nitrogens with two attached hydrogens (primary N) is 1. The summed E-state index contributed by atoms with van der Waals surface area (Å²) in [7, 11) is 0. The third kappa shape index (κ3) is 2.38. The zero-order valence-corrected chi connectivity index (χ0v) is 11.6. The van der Waals surface area contributed by atoms with Crippen LogP contribution in [-0.2, 0) is 4.79 Å². The van der Waals surface area contributed by atoms with Gasteiger partial charge >= 0.3 is 0 Å². The molecule has 1 fully saturated rings. The van der Waals surface area contributed by atoms with Crippen molar-refractivity contribution in [1.82, 2.24) is 4.90 Å². The van der Waals surface area contributed by atoms with Crippen LogP contribution in [0.1, 0.15) is 36.9 Å². The van der Waals surface area contributed by atoms with Crippen LogP contribution in [0.25, 0.3) is 0 Å². The predicted molar refractivity (Wildman–Crippen MR) is 73.5 cm³/mol. The number of hydrogen-bond donors (Lipinski definition) is 1. The summed E-state index contributed by atoms with van der Waals surface area (Å²) < 4.78 is 0. The summed E-state index contributed by atoms with van der Waals surface area (Å²) in [6.45, 7) is 4.64. The summed E-state index contributed by atoms with van der Waals surface area (Å²) in [6, 6.07) is 5.88. The third-order valence-corrected chi connectivity index (χ3v) is 4.04. The minimum atomic E-state index is -0.0469. The molecular weight excluding hydrogens is 248 g/mol. The molecule has 18 heavy (non-hydrogen) atoms. The van der Waals surface area contributed by atoms with E-state index in [1.165, 1.54) is 0 Å². The second-order valence-corrected chi connectivity index (χ2v) is 5.24. The third-order valence-electron chi connectivity index (χ3n) is 3.63. The largest absolute Gasteiger partial charge is 0.334 e. The van der Waals surface area contributed by atoms with Gasteiger partial charge in [-0.3, -0.25) is 4.79 Å². The number of carbonyl (C=O) groups excluding carboxylic acids is 1. The van der Waals surface area contributed by atoms with Gasteiger partial charge in [-0.1, -0.05) is 23.7 Å². The highest BCUT2D eigenvalue weighted by molar-refractivity contribution is 6.31. The maximum Gasteiger partial charge on any atom is 0.223 e. The Balaban J connectivity index is 2.38. The van der Waals surface area contributed by atoms with Crippen molar-refractivity contribution >= 4 is 17.5 Å². The van der Waals surface area contributed by atoms with Gasteiger partial charge in [0, 0.05) is 24.0 Å². The molecule has 1 aliphatic heterocycles. The van der Waals surface area contributed by atoms with E-state index < -0.39 is 0 Å². The molecule has 1 aromatic carbocycles. The molecule has 0 aliphatic carbocycles. The fourth-order valence-corrected chi connectivity index (χ4v) is 2.76. The van der Waals surface area contributed by atoms with Gasteiger partial charge < -0.3 is 10.6 Å². The first-order valence-corrected chi connectivity index (χ1v) is 6.73. The minimum absolute atomic E-state index is 0.0126. The fourth-order valence-electron chi connectivity index (χ4n) is 2.57. The van der Waals surface area contributed by atoms with Crippen molar-refractivity contribution in [3.05, 3.63) is 34.3 Å². The number of carbonyl (C=O) groups is 1. The lowest BCUT2D eigenvalue weighted by molar-refractivity contribution is -0.137. The van der Waals surface area contributed by atoms with Crippen LogP contribution in [0.15, 0.2) is 18.2 Å². The van der Waals surface area contributed by atoms with Crippen molar-refractivity contribution in [2.24, 2.45) is 5.73 Å². The molecule has 0 bridgehead atoms. The van der Waals surface area contributed by atoms with Crippen LogP contribution in [0.4, 0.5) is 0 Å². The molecule has 2 atom stereocenters. The lowest BCUT2D eigenvalue weighted by Crippen LogP contribution is -2.48. The van der Waals surface area contributed by atoms with Gasteiger partial charge in [0.25, 0.3) is 0 Å². The molecule has 1 aromatic rings. The fraction of sp³-hybridized carbons (Fsp3) is 0.500. The van der Waals surface area contributed by atoms with Crippen molar-refractivity contribution in [3.8, 4) is 0 Å². The van der Waals surface area contributed by atoms with Gasteiger partial charge in [0.1, 0.15) is 0 Å². The van der Waals surface area contributed by atoms with E-state index in [0.717, 1.165) is 22.6 Å². The molecule has 1 heterocycles. The molecule has 4 heteroatoms. The molecular formula is C14H19ClN2O. The van der Waals surface area contributed by atoms with Gasteiger partial charge in [0.2, 0.25) is 5.91 Å². The average molecular weight is 267 g/mol. The van der Waals surface area contributed by atoms with Gasteiger partial charge in [-0.2, -0.15) is 0 Å². The first-order chi connectivity index (χ1) is 8.54. The predicted octanol–water partition coefficient (Wildman–Crippen LogP) is 2.66. The smallest absolute Gasteiger partial charge is 0.223 e. The zero-order valence-electron chi connectivity index (χ0n) is 10.8. The number of nitrogens with zero attached hydrogens (tertiary/aromatic N) is 1. The SMILES string of the molecule is CCN1C(=O)CCC(N)C1c1ccc(C)c(Cl)c1. The summed E-state index contributed by atoms with van der Waals surface area (Å²) in [5, 5.41) is 0.730. The Morgan fingerprint density at radius 3 is 2.83 bits per heavy atom. The second-order valence-electron chi connectivity index (χ2n) is 4.84. The number of piperidine rings is 1. The number of rotatable bonds is 2. The Labute approximate surface area is 113 Å². The summed E-state index contributed by atoms with van der Waals surface area (Å²) in [5.74, 6) is 0.181. The first-order valence-electron chi connectivity index (χ1n) is 6.35. The van der Waals surface area contributed by atoms with Crippen molar-refractivity contribution in [1.29, 1.82) is 0 Å². The quantitative estimate of drug-likeness (QED) is 0.895. The van der Waals surface area contributed by atoms with Gasteiger partial charge in [0.05, 0.1) is 6.04 Å². The number of benzene rings is 1. The number of likely N-dealkylation sites (tertiary alicyclic amines) is 1. The molecule has 98 valence electrons. The van der Waals surface area contributed by atoms with Crippen LogP contribution in [0.2, 0.25) is 5.02 Å². The van der Waals surface area contributed by atoms with Crippen molar-refractivity contribution < 1.29 is 4.79 Å². The molecule has 0 saturated carbocycles. The summed E-state index contributed by atoms with van der Waals surface area (Å²) in [6.07, 6.45) is 1.29. The van der Waals surface area contributed by atoms with E-state index in [4.69, 9.17) is 17.3 Å². The highest BCUT2D eigenvalue weighted by atomic mass is 35.5. The van der Waals surface area contributed by atoms with Crippen LogP contribution < -0.4 is 5.73 Å². The van der Waals surface area contributed by atoms with E-state index in [2.05, 4.69) is 0 Å². The van der Waals surface area contributed by atoms with E-state index in [1.54, 1.807) is 0 Å². The van der Waals surface area contributed by atoms with E-state index in [-0.39, 0.29) is 18.0 Å². The van der Waals surface area contributed by atoms with Crippen molar-refractivity contribution in [2.75, 3.05) is 6.54 Å². The monoisotopic (exact) mass is 266 g/mol. The topological polar surface area (TPSA) is 46.3 Å². The molecule has 0 aromatic heterocycles. The molecule has 2 N–H and O–H groups in total. The highest BCUT2D eigenvalue weighted by Crippen LogP contribution is 2.32. The van der Waals surface area contributed by atoms with E-state index >= 15 is 0 Å². The summed E-state index contributed by atoms with van der Waals surface area (Å²) in [5.41, 5.74) is 8.27. The number of halogens is 1. The number of hydrogen-bond acceptors (Lipinski definition) is 2. The summed E-state index contributed by atoms with van der Waals surface area (Å²) >= 11 is 6.16. The Morgan fingerprint density at radius 1 is 1.50 bits per heavy atom. The van der Waals surface area contributed by atoms with Crippen molar-refractivity contribution in [3.63, 3.8) is 0 Å². The van der Waals surface area contributed by atoms with E-state index in [0.29, 0.717) is 13.0 Å². The normalized spacial score (nSPS) is 24.4. The van der Waals surface area contributed by atoms with Crippen LogP contribution >= 0.6 is 11.6 Å². The zero-order chi connectivity index (χ0) is 13.3. The molecule has 3 nitrogen and oxygen atoms in total. The van der Waals surface area contributed by atoms with Gasteiger partial charge in [-0.25, -0.2) is 0 Å². The maximum absolute atomic E-state index is 11.9. The molecule has 1 saturated heterocycles. The lowest BCUT2D eigenvalue weighted by atomic mass is 9.90. The molecule has 1 amide bonds. The van der Waals surface area contributed by atoms with Gasteiger partial charge in [-0.05, 0) is 37.5 Å². The molecule has 1 aliphatic rings. The standard InChI is InChI=1S/C14H19ClN2O/c1-3-17-13(18)7-6-12(16)14(17)10-5-4-9(2)11(15)8-10/h4-5,8,12,14H,3,6-7,16H2,1-2H3. The van der Waals surface area contributed by atoms with Gasteiger partial charge in [-0.15, -0.1) is 0 Å². The second kappa shape index (κ2) is 5.29. The number of likely N-dealkylation sites (N-methyl/N-ethyl adjacent to an activating group) is 1. The average Bonchev–Trinajstić information content (AvgIpc) is 2.35. The van der Waals surface area contributed by atoms with Crippen LogP contribution in [0.5, 0.6) is 0 Å². The Bertz CT molecular complexity index is 461. The molecule has 2 unspecified atom stereocenters. The van der Waals surface area contributed by atoms with Gasteiger partial charge in [0.15, 0.2) is 0 Å². The van der Waals surface area contributed by atoms with E-state index in [1.807, 2.05) is 36.9 Å². The maximum atomic E-state index is 11.9. The Hall–Kier alpha value is -1.06. The number of aryl methyl sites for hydroxylation is 1. The first kappa shape index (κ1) is 13.4. The van der Waals surface area contributed by atoms with Crippen LogP contribution in [0, 0.1) is 6.92 Å². The molecule has 2 rings (SSSR count). The minimum Gasteiger partial charge on any atom is -0.334 e. The molecule has 0 spiro atoms. The summed E-state index contributed by atoms with van der Waals surface area (Å²) in [4.78, 5) is 13.8. The van der Waals surface area contributed by atoms with Crippen molar-refractivity contribution in [2.45, 2.75) is 38.8 Å². The number of amides is 1. The Kier molecular flexibility index (Phi) is 3.93. The highest BCUT2D eigenvalue weighted by Gasteiger charge is 2.33. The van der Waals surface area contributed by atoms with Crippen LogP contribution in [0.3, 0.4) is 0 Å². The van der Waals surface area contributed by atoms with E-state index in [9.17, 15) is 4.79 Å². The van der Waals surface area contributed by atoms with Crippen LogP contribution in [-0.4, -0.2) is 23.4 Å². The molecule has 0 radical (unpaired) electrons.